The van der Waals surface area contributed by atoms with E-state index in [1.807, 2.05) is 0 Å². The molecule has 0 bridgehead atoms. The van der Waals surface area contributed by atoms with Crippen LogP contribution in [0.1, 0.15) is 53.2 Å². The number of benzene rings is 3. The lowest BCUT2D eigenvalue weighted by Crippen LogP contribution is -2.41. The number of carbonyl (C=O) groups excluding carboxylic acids is 2. The van der Waals surface area contributed by atoms with Gasteiger partial charge in [-0.05, 0) is 79.9 Å². The summed E-state index contributed by atoms with van der Waals surface area (Å²) in [5.74, 6) is -3.82. The zero-order valence-corrected chi connectivity index (χ0v) is 26.3. The highest BCUT2D eigenvalue weighted by molar-refractivity contribution is 9.10. The molecule has 4 aromatic rings. The fourth-order valence-electron chi connectivity index (χ4n) is 5.12. The standard InChI is InChI=1S/C33H28BrF5N2O5/c1-4-46-28(44)16-25(23-13-19(12-18(3)30(23)36)29-17(2)6-5-7-26(29)42)40-32(45)31(22-15-21(34)8-9-24(22)35)41-11-10-20(14-27(41)43)33(37,38)39/h5-15,25,31,42H,4,16H2,1-3H3,(H,40,45)/t25-,31?/m0/s1. The van der Waals surface area contributed by atoms with Crippen LogP contribution in [0.5, 0.6) is 5.75 Å². The quantitative estimate of drug-likeness (QED) is 0.141. The lowest BCUT2D eigenvalue weighted by Gasteiger charge is -2.26. The van der Waals surface area contributed by atoms with E-state index in [4.69, 9.17) is 4.74 Å². The summed E-state index contributed by atoms with van der Waals surface area (Å²) in [4.78, 5) is 39.7. The Morgan fingerprint density at radius 1 is 1.00 bits per heavy atom. The van der Waals surface area contributed by atoms with Crippen LogP contribution in [0.3, 0.4) is 0 Å². The van der Waals surface area contributed by atoms with Crippen LogP contribution in [-0.4, -0.2) is 28.2 Å². The van der Waals surface area contributed by atoms with Gasteiger partial charge in [-0.25, -0.2) is 8.78 Å². The van der Waals surface area contributed by atoms with Gasteiger partial charge in [-0.2, -0.15) is 13.2 Å². The first-order chi connectivity index (χ1) is 21.6. The van der Waals surface area contributed by atoms with Crippen LogP contribution < -0.4 is 10.9 Å². The summed E-state index contributed by atoms with van der Waals surface area (Å²) >= 11 is 3.17. The van der Waals surface area contributed by atoms with Crippen molar-refractivity contribution in [1.29, 1.82) is 0 Å². The molecule has 2 atom stereocenters. The summed E-state index contributed by atoms with van der Waals surface area (Å²) in [6.07, 6.45) is -4.76. The second-order valence-corrected chi connectivity index (χ2v) is 11.4. The lowest BCUT2D eigenvalue weighted by molar-refractivity contribution is -0.144. The molecule has 0 saturated heterocycles. The van der Waals surface area contributed by atoms with E-state index < -0.39 is 59.3 Å². The van der Waals surface area contributed by atoms with Gasteiger partial charge in [0.2, 0.25) is 5.91 Å². The van der Waals surface area contributed by atoms with Gasteiger partial charge >= 0.3 is 12.1 Å². The third kappa shape index (κ3) is 7.47. The van der Waals surface area contributed by atoms with Crippen LogP contribution in [0.25, 0.3) is 11.1 Å². The zero-order valence-electron chi connectivity index (χ0n) is 24.7. The van der Waals surface area contributed by atoms with E-state index in [9.17, 15) is 32.7 Å². The number of esters is 1. The van der Waals surface area contributed by atoms with Gasteiger partial charge in [0.25, 0.3) is 5.56 Å². The Labute approximate surface area is 268 Å². The number of phenolic OH excluding ortho intramolecular Hbond substituents is 1. The second kappa shape index (κ2) is 13.9. The molecule has 0 aliphatic rings. The Morgan fingerprint density at radius 2 is 1.72 bits per heavy atom. The van der Waals surface area contributed by atoms with Crippen LogP contribution in [-0.2, 0) is 20.5 Å². The molecule has 1 heterocycles. The molecule has 46 heavy (non-hydrogen) atoms. The number of amides is 1. The van der Waals surface area contributed by atoms with Crippen molar-refractivity contribution in [3.05, 3.63) is 121 Å². The molecule has 0 saturated carbocycles. The van der Waals surface area contributed by atoms with Gasteiger partial charge in [-0.1, -0.05) is 28.1 Å². The molecule has 242 valence electrons. The minimum atomic E-state index is -4.87. The van der Waals surface area contributed by atoms with Crippen LogP contribution in [0.4, 0.5) is 22.0 Å². The van der Waals surface area contributed by atoms with Gasteiger partial charge in [-0.15, -0.1) is 0 Å². The van der Waals surface area contributed by atoms with Crippen molar-refractivity contribution in [3.63, 3.8) is 0 Å². The van der Waals surface area contributed by atoms with E-state index in [-0.39, 0.29) is 39.6 Å². The van der Waals surface area contributed by atoms with E-state index in [0.29, 0.717) is 33.5 Å². The number of pyridine rings is 1. The van der Waals surface area contributed by atoms with E-state index >= 15 is 8.78 Å². The van der Waals surface area contributed by atoms with Crippen molar-refractivity contribution in [2.75, 3.05) is 6.61 Å². The first kappa shape index (κ1) is 34.4. The monoisotopic (exact) mass is 706 g/mol. The first-order valence-electron chi connectivity index (χ1n) is 13.9. The van der Waals surface area contributed by atoms with Crippen molar-refractivity contribution in [3.8, 4) is 16.9 Å². The molecule has 0 aliphatic carbocycles. The number of hydrogen-bond donors (Lipinski definition) is 2. The number of nitrogens with one attached hydrogen (secondary N) is 1. The molecular weight excluding hydrogens is 679 g/mol. The maximum Gasteiger partial charge on any atom is 0.416 e. The number of hydrogen-bond acceptors (Lipinski definition) is 5. The fourth-order valence-corrected chi connectivity index (χ4v) is 5.50. The van der Waals surface area contributed by atoms with Crippen molar-refractivity contribution < 1.29 is 41.4 Å². The molecule has 4 rings (SSSR count). The number of ether oxygens (including phenoxy) is 1. The first-order valence-corrected chi connectivity index (χ1v) is 14.7. The molecule has 0 spiro atoms. The van der Waals surface area contributed by atoms with Gasteiger partial charge < -0.3 is 15.2 Å². The minimum absolute atomic E-state index is 0.0367. The molecule has 1 aromatic heterocycles. The highest BCUT2D eigenvalue weighted by atomic mass is 79.9. The predicted octanol–water partition coefficient (Wildman–Crippen LogP) is 7.30. The summed E-state index contributed by atoms with van der Waals surface area (Å²) in [6.45, 7) is 4.68. The zero-order chi connectivity index (χ0) is 33.9. The normalized spacial score (nSPS) is 12.8. The third-order valence-electron chi connectivity index (χ3n) is 7.24. The Balaban J connectivity index is 1.89. The summed E-state index contributed by atoms with van der Waals surface area (Å²) in [6, 6.07) is 8.59. The number of aromatic hydroxyl groups is 1. The maximum atomic E-state index is 15.8. The molecule has 13 heteroatoms. The van der Waals surface area contributed by atoms with Crippen LogP contribution in [0, 0.1) is 25.5 Å². The Hall–Kier alpha value is -4.52. The van der Waals surface area contributed by atoms with Gasteiger partial charge in [-0.3, -0.25) is 19.0 Å². The number of nitrogens with zero attached hydrogens (tertiary/aromatic N) is 1. The van der Waals surface area contributed by atoms with E-state index in [2.05, 4.69) is 21.2 Å². The third-order valence-corrected chi connectivity index (χ3v) is 7.74. The average Bonchev–Trinajstić information content (AvgIpc) is 2.96. The van der Waals surface area contributed by atoms with Crippen LogP contribution in [0.2, 0.25) is 0 Å². The topological polar surface area (TPSA) is 97.6 Å². The lowest BCUT2D eigenvalue weighted by atomic mass is 9.92. The fraction of sp³-hybridized carbons (Fsp3) is 0.242. The highest BCUT2D eigenvalue weighted by Gasteiger charge is 2.34. The van der Waals surface area contributed by atoms with E-state index in [1.54, 1.807) is 26.0 Å². The smallest absolute Gasteiger partial charge is 0.416 e. The number of aryl methyl sites for hydroxylation is 2. The van der Waals surface area contributed by atoms with Crippen molar-refractivity contribution >= 4 is 27.8 Å². The van der Waals surface area contributed by atoms with Crippen molar-refractivity contribution in [2.45, 2.75) is 45.5 Å². The summed E-state index contributed by atoms with van der Waals surface area (Å²) in [5, 5.41) is 13.1. The molecule has 7 nitrogen and oxygen atoms in total. The van der Waals surface area contributed by atoms with Crippen LogP contribution >= 0.6 is 15.9 Å². The number of halogens is 6. The molecule has 2 N–H and O–H groups in total. The largest absolute Gasteiger partial charge is 0.507 e. The number of alkyl halides is 3. The van der Waals surface area contributed by atoms with E-state index in [1.165, 1.54) is 37.3 Å². The number of rotatable bonds is 9. The van der Waals surface area contributed by atoms with Crippen molar-refractivity contribution in [2.24, 2.45) is 0 Å². The molecule has 0 fully saturated rings. The molecule has 0 radical (unpaired) electrons. The Kier molecular flexibility index (Phi) is 10.3. The van der Waals surface area contributed by atoms with Gasteiger partial charge in [0.05, 0.1) is 24.6 Å². The van der Waals surface area contributed by atoms with Gasteiger partial charge in [0.15, 0.2) is 0 Å². The van der Waals surface area contributed by atoms with Gasteiger partial charge in [0.1, 0.15) is 23.4 Å². The minimum Gasteiger partial charge on any atom is -0.507 e. The van der Waals surface area contributed by atoms with Crippen molar-refractivity contribution in [1.82, 2.24) is 9.88 Å². The molecular formula is C33H28BrF5N2O5. The molecule has 1 unspecified atom stereocenters. The SMILES string of the molecule is CCOC(=O)C[C@H](NC(=O)C(c1cc(Br)ccc1F)n1ccc(C(F)(F)F)cc1=O)c1cc(-c2c(C)cccc2O)cc(C)c1F. The summed E-state index contributed by atoms with van der Waals surface area (Å²) in [7, 11) is 0. The highest BCUT2D eigenvalue weighted by Crippen LogP contribution is 2.37. The van der Waals surface area contributed by atoms with Crippen LogP contribution in [0.15, 0.2) is 76.1 Å². The Bertz CT molecular complexity index is 1840. The molecule has 0 aliphatic heterocycles. The number of carbonyl (C=O) groups is 2. The summed E-state index contributed by atoms with van der Waals surface area (Å²) in [5.41, 5.74) is -1.64. The average molecular weight is 707 g/mol. The summed E-state index contributed by atoms with van der Waals surface area (Å²) < 4.78 is 77.0. The number of phenols is 1. The predicted molar refractivity (Wildman–Crippen MR) is 163 cm³/mol. The number of aromatic nitrogens is 1. The molecule has 3 aromatic carbocycles. The molecule has 1 amide bonds. The second-order valence-electron chi connectivity index (χ2n) is 10.5. The van der Waals surface area contributed by atoms with E-state index in [0.717, 1.165) is 6.07 Å². The maximum absolute atomic E-state index is 15.8. The van der Waals surface area contributed by atoms with Gasteiger partial charge in [0, 0.05) is 33.4 Å². The Morgan fingerprint density at radius 3 is 2.35 bits per heavy atom.